The molecule has 1 heterocycles. The Morgan fingerprint density at radius 1 is 1.35 bits per heavy atom. The van der Waals surface area contributed by atoms with Gasteiger partial charge in [0.1, 0.15) is 16.5 Å². The minimum Gasteiger partial charge on any atom is -0.495 e. The predicted molar refractivity (Wildman–Crippen MR) is 79.6 cm³/mol. The predicted octanol–water partition coefficient (Wildman–Crippen LogP) is 3.01. The summed E-state index contributed by atoms with van der Waals surface area (Å²) in [6.07, 6.45) is 2.93. The van der Waals surface area contributed by atoms with Crippen molar-refractivity contribution >= 4 is 26.0 Å². The summed E-state index contributed by atoms with van der Waals surface area (Å²) < 4.78 is 32.6. The van der Waals surface area contributed by atoms with Crippen molar-refractivity contribution in [1.82, 2.24) is 8.96 Å². The van der Waals surface area contributed by atoms with E-state index < -0.39 is 10.0 Å². The van der Waals surface area contributed by atoms with Gasteiger partial charge in [0.15, 0.2) is 0 Å². The first-order valence-corrected chi connectivity index (χ1v) is 8.23. The molecule has 0 aliphatic rings. The number of hydrogen-bond acceptors (Lipinski definition) is 4. The number of benzene rings is 1. The van der Waals surface area contributed by atoms with E-state index in [1.165, 1.54) is 29.5 Å². The van der Waals surface area contributed by atoms with Crippen molar-refractivity contribution in [2.45, 2.75) is 24.7 Å². The van der Waals surface area contributed by atoms with Gasteiger partial charge in [-0.25, -0.2) is 17.4 Å². The topological polar surface area (TPSA) is 61.2 Å². The zero-order valence-electron chi connectivity index (χ0n) is 11.4. The Morgan fingerprint density at radius 3 is 2.65 bits per heavy atom. The third-order valence-electron chi connectivity index (χ3n) is 2.81. The monoisotopic (exact) mass is 358 g/mol. The molecule has 20 heavy (non-hydrogen) atoms. The summed E-state index contributed by atoms with van der Waals surface area (Å²) in [5.41, 5.74) is 0. The lowest BCUT2D eigenvalue weighted by molar-refractivity contribution is 0.402. The first kappa shape index (κ1) is 15.1. The number of halogens is 1. The number of hydrogen-bond donors (Lipinski definition) is 0. The molecule has 5 nitrogen and oxygen atoms in total. The highest BCUT2D eigenvalue weighted by molar-refractivity contribution is 9.10. The van der Waals surface area contributed by atoms with Crippen LogP contribution in [0.3, 0.4) is 0 Å². The maximum absolute atomic E-state index is 12.8. The standard InChI is InChI=1S/C13H15BrN2O3S/c1-9(2)13-15-6-7-16(13)20(17,18)12-8-10(14)4-5-11(12)19-3/h4-9H,1-3H3. The van der Waals surface area contributed by atoms with Crippen molar-refractivity contribution in [3.63, 3.8) is 0 Å². The lowest BCUT2D eigenvalue weighted by Gasteiger charge is -2.14. The van der Waals surface area contributed by atoms with Crippen LogP contribution in [-0.4, -0.2) is 24.5 Å². The number of nitrogens with zero attached hydrogens (tertiary/aromatic N) is 2. The highest BCUT2D eigenvalue weighted by atomic mass is 79.9. The summed E-state index contributed by atoms with van der Waals surface area (Å²) in [6, 6.07) is 4.87. The fourth-order valence-corrected chi connectivity index (χ4v) is 3.99. The van der Waals surface area contributed by atoms with Crippen LogP contribution in [0.1, 0.15) is 25.6 Å². The Kier molecular flexibility index (Phi) is 4.19. The molecule has 0 unspecified atom stereocenters. The van der Waals surface area contributed by atoms with Crippen LogP contribution in [0.2, 0.25) is 0 Å². The van der Waals surface area contributed by atoms with E-state index in [2.05, 4.69) is 20.9 Å². The normalized spacial score (nSPS) is 11.8. The molecule has 7 heteroatoms. The van der Waals surface area contributed by atoms with Crippen LogP contribution in [0.4, 0.5) is 0 Å². The minimum absolute atomic E-state index is 0.00192. The van der Waals surface area contributed by atoms with Crippen LogP contribution < -0.4 is 4.74 Å². The smallest absolute Gasteiger partial charge is 0.272 e. The largest absolute Gasteiger partial charge is 0.495 e. The summed E-state index contributed by atoms with van der Waals surface area (Å²) in [4.78, 5) is 4.22. The van der Waals surface area contributed by atoms with Crippen molar-refractivity contribution in [2.24, 2.45) is 0 Å². The molecule has 0 N–H and O–H groups in total. The van der Waals surface area contributed by atoms with E-state index in [9.17, 15) is 8.42 Å². The highest BCUT2D eigenvalue weighted by Crippen LogP contribution is 2.30. The molecule has 0 fully saturated rings. The molecule has 1 aromatic heterocycles. The van der Waals surface area contributed by atoms with Gasteiger partial charge in [0, 0.05) is 22.8 Å². The van der Waals surface area contributed by atoms with Gasteiger partial charge < -0.3 is 4.74 Å². The Morgan fingerprint density at radius 2 is 2.05 bits per heavy atom. The molecule has 0 atom stereocenters. The molecule has 0 saturated heterocycles. The van der Waals surface area contributed by atoms with E-state index in [1.54, 1.807) is 12.1 Å². The first-order chi connectivity index (χ1) is 9.37. The van der Waals surface area contributed by atoms with E-state index in [-0.39, 0.29) is 10.8 Å². The Balaban J connectivity index is 2.67. The summed E-state index contributed by atoms with van der Waals surface area (Å²) >= 11 is 3.28. The average Bonchev–Trinajstić information content (AvgIpc) is 2.88. The summed E-state index contributed by atoms with van der Waals surface area (Å²) in [6.45, 7) is 3.79. The maximum atomic E-state index is 12.8. The number of methoxy groups -OCH3 is 1. The molecule has 0 aliphatic carbocycles. The van der Waals surface area contributed by atoms with Crippen LogP contribution in [0.5, 0.6) is 5.75 Å². The fourth-order valence-electron chi connectivity index (χ4n) is 1.87. The highest BCUT2D eigenvalue weighted by Gasteiger charge is 2.25. The van der Waals surface area contributed by atoms with E-state index in [1.807, 2.05) is 13.8 Å². The van der Waals surface area contributed by atoms with Crippen LogP contribution in [-0.2, 0) is 10.0 Å². The minimum atomic E-state index is -3.74. The van der Waals surface area contributed by atoms with Crippen LogP contribution >= 0.6 is 15.9 Å². The van der Waals surface area contributed by atoms with Crippen molar-refractivity contribution in [3.05, 3.63) is 40.9 Å². The molecular weight excluding hydrogens is 344 g/mol. The molecule has 2 aromatic rings. The molecule has 0 spiro atoms. The van der Waals surface area contributed by atoms with Crippen molar-refractivity contribution in [2.75, 3.05) is 7.11 Å². The lowest BCUT2D eigenvalue weighted by atomic mass is 10.2. The fraction of sp³-hybridized carbons (Fsp3) is 0.308. The summed E-state index contributed by atoms with van der Waals surface area (Å²) in [5, 5.41) is 0. The molecular formula is C13H15BrN2O3S. The third-order valence-corrected chi connectivity index (χ3v) is 5.01. The Hall–Kier alpha value is -1.34. The SMILES string of the molecule is COc1ccc(Br)cc1S(=O)(=O)n1ccnc1C(C)C. The van der Waals surface area contributed by atoms with E-state index >= 15 is 0 Å². The van der Waals surface area contributed by atoms with Crippen LogP contribution in [0.15, 0.2) is 40.0 Å². The first-order valence-electron chi connectivity index (χ1n) is 6.00. The van der Waals surface area contributed by atoms with Gasteiger partial charge in [0.25, 0.3) is 10.0 Å². The summed E-state index contributed by atoms with van der Waals surface area (Å²) in [5.74, 6) is 0.793. The molecule has 2 rings (SSSR count). The van der Waals surface area contributed by atoms with Gasteiger partial charge in [0.05, 0.1) is 7.11 Å². The quantitative estimate of drug-likeness (QED) is 0.842. The summed E-state index contributed by atoms with van der Waals surface area (Å²) in [7, 11) is -2.29. The zero-order valence-corrected chi connectivity index (χ0v) is 13.8. The molecule has 0 saturated carbocycles. The molecule has 108 valence electrons. The van der Waals surface area contributed by atoms with Gasteiger partial charge >= 0.3 is 0 Å². The number of aromatic nitrogens is 2. The van der Waals surface area contributed by atoms with Crippen LogP contribution in [0, 0.1) is 0 Å². The third kappa shape index (κ3) is 2.60. The number of imidazole rings is 1. The average molecular weight is 359 g/mol. The van der Waals surface area contributed by atoms with E-state index in [0.717, 1.165) is 0 Å². The van der Waals surface area contributed by atoms with E-state index in [4.69, 9.17) is 4.74 Å². The Bertz CT molecular complexity index is 723. The van der Waals surface area contributed by atoms with Gasteiger partial charge in [-0.2, -0.15) is 0 Å². The second-order valence-electron chi connectivity index (χ2n) is 4.54. The molecule has 0 radical (unpaired) electrons. The van der Waals surface area contributed by atoms with Gasteiger partial charge in [0.2, 0.25) is 0 Å². The Labute approximate surface area is 126 Å². The van der Waals surface area contributed by atoms with E-state index in [0.29, 0.717) is 16.0 Å². The van der Waals surface area contributed by atoms with Crippen molar-refractivity contribution in [1.29, 1.82) is 0 Å². The molecule has 0 bridgehead atoms. The van der Waals surface area contributed by atoms with Gasteiger partial charge in [-0.05, 0) is 18.2 Å². The van der Waals surface area contributed by atoms with Crippen molar-refractivity contribution < 1.29 is 13.2 Å². The molecule has 0 amide bonds. The zero-order chi connectivity index (χ0) is 14.9. The van der Waals surface area contributed by atoms with Crippen molar-refractivity contribution in [3.8, 4) is 5.75 Å². The second-order valence-corrected chi connectivity index (χ2v) is 7.24. The number of rotatable bonds is 4. The van der Waals surface area contributed by atoms with Crippen LogP contribution in [0.25, 0.3) is 0 Å². The maximum Gasteiger partial charge on any atom is 0.272 e. The molecule has 0 aliphatic heterocycles. The molecule has 1 aromatic carbocycles. The van der Waals surface area contributed by atoms with Gasteiger partial charge in [-0.15, -0.1) is 0 Å². The van der Waals surface area contributed by atoms with Gasteiger partial charge in [-0.3, -0.25) is 0 Å². The second kappa shape index (κ2) is 5.57. The van der Waals surface area contributed by atoms with Gasteiger partial charge in [-0.1, -0.05) is 29.8 Å². The number of ether oxygens (including phenoxy) is 1. The lowest BCUT2D eigenvalue weighted by Crippen LogP contribution is -2.17.